The van der Waals surface area contributed by atoms with E-state index >= 15 is 0 Å². The summed E-state index contributed by atoms with van der Waals surface area (Å²) in [5.41, 5.74) is 2.48. The van der Waals surface area contributed by atoms with Crippen LogP contribution in [0, 0.1) is 0 Å². The number of aromatic nitrogens is 1. The fourth-order valence-electron chi connectivity index (χ4n) is 2.89. The van der Waals surface area contributed by atoms with E-state index in [1.54, 1.807) is 0 Å². The van der Waals surface area contributed by atoms with Crippen LogP contribution in [0.3, 0.4) is 0 Å². The molecular formula is C19H24N2O2. The van der Waals surface area contributed by atoms with Gasteiger partial charge in [0.1, 0.15) is 0 Å². The van der Waals surface area contributed by atoms with Gasteiger partial charge in [0.05, 0.1) is 13.2 Å². The normalized spacial score (nSPS) is 16.4. The van der Waals surface area contributed by atoms with Crippen LogP contribution in [-0.4, -0.2) is 18.2 Å². The largest absolute Gasteiger partial charge is 0.490 e. The molecule has 1 aromatic heterocycles. The van der Waals surface area contributed by atoms with Gasteiger partial charge in [-0.15, -0.1) is 0 Å². The van der Waals surface area contributed by atoms with Crippen LogP contribution >= 0.6 is 0 Å². The van der Waals surface area contributed by atoms with Crippen LogP contribution in [0.15, 0.2) is 42.7 Å². The van der Waals surface area contributed by atoms with Crippen molar-refractivity contribution < 1.29 is 9.47 Å². The maximum atomic E-state index is 5.79. The summed E-state index contributed by atoms with van der Waals surface area (Å²) in [5, 5.41) is 3.70. The number of pyridine rings is 1. The van der Waals surface area contributed by atoms with E-state index in [9.17, 15) is 0 Å². The fourth-order valence-corrected chi connectivity index (χ4v) is 2.89. The smallest absolute Gasteiger partial charge is 0.161 e. The van der Waals surface area contributed by atoms with E-state index < -0.39 is 0 Å². The zero-order valence-corrected chi connectivity index (χ0v) is 13.8. The quantitative estimate of drug-likeness (QED) is 0.904. The summed E-state index contributed by atoms with van der Waals surface area (Å²) in [6.07, 6.45) is 5.65. The van der Waals surface area contributed by atoms with Crippen molar-refractivity contribution in [2.24, 2.45) is 0 Å². The summed E-state index contributed by atoms with van der Waals surface area (Å²) in [7, 11) is 0. The van der Waals surface area contributed by atoms with Gasteiger partial charge in [0.25, 0.3) is 0 Å². The van der Waals surface area contributed by atoms with Crippen LogP contribution in [-0.2, 0) is 0 Å². The number of benzene rings is 1. The van der Waals surface area contributed by atoms with Gasteiger partial charge in [-0.3, -0.25) is 4.98 Å². The fraction of sp³-hybridized carbons (Fsp3) is 0.421. The Balaban J connectivity index is 1.75. The third-order valence-corrected chi connectivity index (χ3v) is 4.24. The lowest BCUT2D eigenvalue weighted by Gasteiger charge is -2.23. The van der Waals surface area contributed by atoms with E-state index in [0.29, 0.717) is 12.6 Å². The van der Waals surface area contributed by atoms with Gasteiger partial charge in [0.2, 0.25) is 0 Å². The minimum Gasteiger partial charge on any atom is -0.490 e. The second kappa shape index (κ2) is 7.47. The van der Waals surface area contributed by atoms with E-state index in [2.05, 4.69) is 48.4 Å². The molecule has 0 saturated carbocycles. The van der Waals surface area contributed by atoms with Crippen LogP contribution in [0.25, 0.3) is 0 Å². The van der Waals surface area contributed by atoms with Gasteiger partial charge in [-0.05, 0) is 48.7 Å². The summed E-state index contributed by atoms with van der Waals surface area (Å²) < 4.78 is 11.5. The third-order valence-electron chi connectivity index (χ3n) is 4.24. The molecular weight excluding hydrogens is 288 g/mol. The van der Waals surface area contributed by atoms with Gasteiger partial charge < -0.3 is 14.8 Å². The van der Waals surface area contributed by atoms with Crippen molar-refractivity contribution >= 4 is 0 Å². The average Bonchev–Trinajstić information content (AvgIpc) is 2.84. The van der Waals surface area contributed by atoms with Gasteiger partial charge in [-0.2, -0.15) is 0 Å². The topological polar surface area (TPSA) is 43.4 Å². The Kier molecular flexibility index (Phi) is 5.13. The summed E-state index contributed by atoms with van der Waals surface area (Å²) in [4.78, 5) is 4.10. The highest BCUT2D eigenvalue weighted by Gasteiger charge is 2.17. The molecule has 2 aromatic rings. The van der Waals surface area contributed by atoms with Crippen LogP contribution in [0.2, 0.25) is 0 Å². The summed E-state index contributed by atoms with van der Waals surface area (Å²) >= 11 is 0. The number of ether oxygens (including phenoxy) is 2. The van der Waals surface area contributed by atoms with E-state index in [1.165, 1.54) is 11.1 Å². The van der Waals surface area contributed by atoms with Gasteiger partial charge in [-0.25, -0.2) is 0 Å². The first kappa shape index (κ1) is 15.8. The first-order valence-electron chi connectivity index (χ1n) is 8.33. The zero-order chi connectivity index (χ0) is 16.1. The zero-order valence-electron chi connectivity index (χ0n) is 13.8. The van der Waals surface area contributed by atoms with Crippen molar-refractivity contribution in [3.8, 4) is 11.5 Å². The molecule has 0 bridgehead atoms. The van der Waals surface area contributed by atoms with Crippen molar-refractivity contribution in [2.45, 2.75) is 38.8 Å². The molecule has 2 atom stereocenters. The maximum Gasteiger partial charge on any atom is 0.161 e. The van der Waals surface area contributed by atoms with E-state index in [1.807, 2.05) is 18.5 Å². The molecule has 0 radical (unpaired) electrons. The van der Waals surface area contributed by atoms with Crippen LogP contribution in [0.5, 0.6) is 11.5 Å². The highest BCUT2D eigenvalue weighted by Crippen LogP contribution is 2.33. The Bertz CT molecular complexity index is 631. The Hall–Kier alpha value is -2.07. The number of rotatable bonds is 5. The van der Waals surface area contributed by atoms with E-state index in [4.69, 9.17) is 9.47 Å². The molecule has 1 aromatic carbocycles. The molecule has 1 N–H and O–H groups in total. The van der Waals surface area contributed by atoms with E-state index in [0.717, 1.165) is 30.9 Å². The van der Waals surface area contributed by atoms with Crippen LogP contribution in [0.4, 0.5) is 0 Å². The maximum absolute atomic E-state index is 5.79. The molecule has 1 aliphatic heterocycles. The van der Waals surface area contributed by atoms with Gasteiger partial charge in [0.15, 0.2) is 11.5 Å². The number of fused-ring (bicyclic) bond motifs is 1. The van der Waals surface area contributed by atoms with Crippen molar-refractivity contribution in [3.05, 3.63) is 53.9 Å². The van der Waals surface area contributed by atoms with Gasteiger partial charge in [0, 0.05) is 30.9 Å². The highest BCUT2D eigenvalue weighted by atomic mass is 16.5. The lowest BCUT2D eigenvalue weighted by atomic mass is 10.0. The molecule has 1 aliphatic rings. The number of hydrogen-bond acceptors (Lipinski definition) is 4. The van der Waals surface area contributed by atoms with Crippen molar-refractivity contribution in [3.63, 3.8) is 0 Å². The summed E-state index contributed by atoms with van der Waals surface area (Å²) in [5.74, 6) is 1.70. The molecule has 2 heterocycles. The number of nitrogens with one attached hydrogen (secondary N) is 1. The lowest BCUT2D eigenvalue weighted by molar-refractivity contribution is 0.297. The first-order chi connectivity index (χ1) is 11.3. The molecule has 2 unspecified atom stereocenters. The molecule has 4 heteroatoms. The molecule has 4 nitrogen and oxygen atoms in total. The summed E-state index contributed by atoms with van der Waals surface area (Å²) in [6, 6.07) is 10.9. The SMILES string of the molecule is CCC(NC(C)c1ccc2c(c1)OCCCO2)c1ccncc1. The van der Waals surface area contributed by atoms with Gasteiger partial charge >= 0.3 is 0 Å². The monoisotopic (exact) mass is 312 g/mol. The van der Waals surface area contributed by atoms with Crippen LogP contribution < -0.4 is 14.8 Å². The standard InChI is InChI=1S/C19H24N2O2/c1-3-17(15-7-9-20-10-8-15)21-14(2)16-5-6-18-19(13-16)23-12-4-11-22-18/h5-10,13-14,17,21H,3-4,11-12H2,1-2H3. The van der Waals surface area contributed by atoms with Crippen molar-refractivity contribution in [2.75, 3.05) is 13.2 Å². The highest BCUT2D eigenvalue weighted by molar-refractivity contribution is 5.44. The molecule has 122 valence electrons. The predicted octanol–water partition coefficient (Wildman–Crippen LogP) is 4.04. The Morgan fingerprint density at radius 3 is 2.52 bits per heavy atom. The molecule has 23 heavy (non-hydrogen) atoms. The lowest BCUT2D eigenvalue weighted by Crippen LogP contribution is -2.24. The molecule has 0 spiro atoms. The third kappa shape index (κ3) is 3.82. The molecule has 0 saturated heterocycles. The molecule has 0 fully saturated rings. The number of hydrogen-bond donors (Lipinski definition) is 1. The molecule has 0 amide bonds. The number of nitrogens with zero attached hydrogens (tertiary/aromatic N) is 1. The molecule has 3 rings (SSSR count). The first-order valence-corrected chi connectivity index (χ1v) is 8.33. The Labute approximate surface area is 137 Å². The minimum absolute atomic E-state index is 0.227. The predicted molar refractivity (Wildman–Crippen MR) is 90.9 cm³/mol. The van der Waals surface area contributed by atoms with Gasteiger partial charge in [-0.1, -0.05) is 13.0 Å². The van der Waals surface area contributed by atoms with Crippen LogP contribution in [0.1, 0.15) is 49.9 Å². The average molecular weight is 312 g/mol. The Morgan fingerprint density at radius 2 is 1.78 bits per heavy atom. The summed E-state index contributed by atoms with van der Waals surface area (Å²) in [6.45, 7) is 5.81. The Morgan fingerprint density at radius 1 is 1.04 bits per heavy atom. The second-order valence-corrected chi connectivity index (χ2v) is 5.89. The van der Waals surface area contributed by atoms with E-state index in [-0.39, 0.29) is 6.04 Å². The van der Waals surface area contributed by atoms with Crippen molar-refractivity contribution in [1.29, 1.82) is 0 Å². The van der Waals surface area contributed by atoms with Crippen molar-refractivity contribution in [1.82, 2.24) is 10.3 Å². The molecule has 0 aliphatic carbocycles. The second-order valence-electron chi connectivity index (χ2n) is 5.89. The minimum atomic E-state index is 0.227.